The summed E-state index contributed by atoms with van der Waals surface area (Å²) in [6, 6.07) is 0.567. The van der Waals surface area contributed by atoms with Gasteiger partial charge in [-0.05, 0) is 51.5 Å². The highest BCUT2D eigenvalue weighted by Gasteiger charge is 2.33. The molecule has 24 heavy (non-hydrogen) atoms. The number of rotatable bonds is 4. The summed E-state index contributed by atoms with van der Waals surface area (Å²) >= 11 is 0. The lowest BCUT2D eigenvalue weighted by molar-refractivity contribution is -0.137. The molecule has 4 nitrogen and oxygen atoms in total. The smallest absolute Gasteiger partial charge is 0.227 e. The summed E-state index contributed by atoms with van der Waals surface area (Å²) in [5.74, 6) is 2.51. The van der Waals surface area contributed by atoms with E-state index >= 15 is 0 Å². The van der Waals surface area contributed by atoms with Crippen molar-refractivity contribution < 1.29 is 4.79 Å². The van der Waals surface area contributed by atoms with Crippen molar-refractivity contribution in [3.05, 3.63) is 0 Å². The number of hydrogen-bond donors (Lipinski definition) is 0. The zero-order chi connectivity index (χ0) is 17.1. The van der Waals surface area contributed by atoms with E-state index < -0.39 is 0 Å². The minimum absolute atomic E-state index is 0.249. The molecule has 2 heterocycles. The molecule has 0 N–H and O–H groups in total. The van der Waals surface area contributed by atoms with Crippen LogP contribution in [0.25, 0.3) is 0 Å². The predicted molar refractivity (Wildman–Crippen MR) is 99.0 cm³/mol. The van der Waals surface area contributed by atoms with Crippen LogP contribution >= 0.6 is 0 Å². The van der Waals surface area contributed by atoms with Crippen molar-refractivity contribution in [1.82, 2.24) is 14.7 Å². The largest absolute Gasteiger partial charge is 0.340 e. The maximum atomic E-state index is 12.8. The molecule has 3 aliphatic rings. The fourth-order valence-corrected chi connectivity index (χ4v) is 4.74. The van der Waals surface area contributed by atoms with E-state index in [2.05, 4.69) is 35.5 Å². The molecule has 0 aromatic carbocycles. The van der Waals surface area contributed by atoms with Crippen molar-refractivity contribution >= 4 is 5.91 Å². The molecule has 0 aromatic heterocycles. The number of amides is 1. The highest BCUT2D eigenvalue weighted by atomic mass is 16.2. The van der Waals surface area contributed by atoms with Gasteiger partial charge in [-0.1, -0.05) is 19.8 Å². The minimum Gasteiger partial charge on any atom is -0.340 e. The molecular formula is C20H37N3O. The van der Waals surface area contributed by atoms with Crippen LogP contribution in [0.15, 0.2) is 0 Å². The molecule has 0 aromatic rings. The molecule has 1 atom stereocenters. The molecule has 0 spiro atoms. The van der Waals surface area contributed by atoms with E-state index in [-0.39, 0.29) is 5.92 Å². The average Bonchev–Trinajstić information content (AvgIpc) is 3.07. The summed E-state index contributed by atoms with van der Waals surface area (Å²) in [6.07, 6.45) is 6.70. The van der Waals surface area contributed by atoms with Gasteiger partial charge in [-0.2, -0.15) is 0 Å². The Bertz CT molecular complexity index is 409. The summed E-state index contributed by atoms with van der Waals surface area (Å²) in [7, 11) is 0. The Kier molecular flexibility index (Phi) is 6.20. The molecular weight excluding hydrogens is 298 g/mol. The summed E-state index contributed by atoms with van der Waals surface area (Å²) in [5, 5.41) is 0. The first-order valence-corrected chi connectivity index (χ1v) is 10.3. The van der Waals surface area contributed by atoms with Crippen molar-refractivity contribution in [2.45, 2.75) is 58.9 Å². The van der Waals surface area contributed by atoms with E-state index in [1.807, 2.05) is 0 Å². The average molecular weight is 336 g/mol. The Hall–Kier alpha value is -0.610. The molecule has 0 bridgehead atoms. The number of likely N-dealkylation sites (tertiary alicyclic amines) is 1. The number of carbonyl (C=O) groups excluding carboxylic acids is 1. The fourth-order valence-electron chi connectivity index (χ4n) is 4.74. The van der Waals surface area contributed by atoms with Crippen LogP contribution in [0.2, 0.25) is 0 Å². The highest BCUT2D eigenvalue weighted by molar-refractivity contribution is 5.79. The molecule has 0 unspecified atom stereocenters. The van der Waals surface area contributed by atoms with Crippen LogP contribution in [0.5, 0.6) is 0 Å². The molecule has 1 aliphatic carbocycles. The van der Waals surface area contributed by atoms with Gasteiger partial charge in [0.2, 0.25) is 5.91 Å². The SMILES string of the molecule is CC1CCC(CN2CCN(C(=O)[C@H]3CCN(C(C)C)C3)CC2)CC1. The van der Waals surface area contributed by atoms with Crippen LogP contribution in [-0.4, -0.2) is 72.5 Å². The van der Waals surface area contributed by atoms with E-state index in [0.29, 0.717) is 11.9 Å². The van der Waals surface area contributed by atoms with Crippen LogP contribution in [0, 0.1) is 17.8 Å². The molecule has 1 amide bonds. The van der Waals surface area contributed by atoms with Gasteiger partial charge < -0.3 is 9.80 Å². The van der Waals surface area contributed by atoms with Gasteiger partial charge in [-0.15, -0.1) is 0 Å². The molecule has 2 aliphatic heterocycles. The van der Waals surface area contributed by atoms with Crippen molar-refractivity contribution in [2.75, 3.05) is 45.8 Å². The molecule has 3 fully saturated rings. The zero-order valence-corrected chi connectivity index (χ0v) is 16.0. The van der Waals surface area contributed by atoms with Crippen molar-refractivity contribution in [3.63, 3.8) is 0 Å². The van der Waals surface area contributed by atoms with Gasteiger partial charge in [-0.25, -0.2) is 0 Å². The van der Waals surface area contributed by atoms with Crippen LogP contribution < -0.4 is 0 Å². The summed E-state index contributed by atoms with van der Waals surface area (Å²) in [4.78, 5) is 20.0. The third kappa shape index (κ3) is 4.51. The van der Waals surface area contributed by atoms with E-state index in [0.717, 1.165) is 57.5 Å². The first kappa shape index (κ1) is 18.2. The third-order valence-corrected chi connectivity index (χ3v) is 6.63. The number of hydrogen-bond acceptors (Lipinski definition) is 3. The lowest BCUT2D eigenvalue weighted by Gasteiger charge is -2.38. The summed E-state index contributed by atoms with van der Waals surface area (Å²) in [6.45, 7) is 14.2. The lowest BCUT2D eigenvalue weighted by Crippen LogP contribution is -2.51. The van der Waals surface area contributed by atoms with Crippen molar-refractivity contribution in [1.29, 1.82) is 0 Å². The molecule has 3 rings (SSSR count). The topological polar surface area (TPSA) is 26.8 Å². The maximum Gasteiger partial charge on any atom is 0.227 e. The Labute approximate surface area is 148 Å². The monoisotopic (exact) mass is 335 g/mol. The third-order valence-electron chi connectivity index (χ3n) is 6.63. The van der Waals surface area contributed by atoms with E-state index in [1.54, 1.807) is 0 Å². The lowest BCUT2D eigenvalue weighted by atomic mass is 9.83. The molecule has 138 valence electrons. The van der Waals surface area contributed by atoms with Gasteiger partial charge in [-0.3, -0.25) is 9.69 Å². The van der Waals surface area contributed by atoms with E-state index in [9.17, 15) is 4.79 Å². The van der Waals surface area contributed by atoms with E-state index in [1.165, 1.54) is 32.2 Å². The standard InChI is InChI=1S/C20H37N3O/c1-16(2)23-9-8-19(15-23)20(24)22-12-10-21(11-13-22)14-18-6-4-17(3)5-7-18/h16-19H,4-15H2,1-3H3/t17?,18?,19-/m0/s1. The van der Waals surface area contributed by atoms with Gasteiger partial charge in [0.1, 0.15) is 0 Å². The summed E-state index contributed by atoms with van der Waals surface area (Å²) < 4.78 is 0. The normalized spacial score (nSPS) is 33.3. The van der Waals surface area contributed by atoms with Crippen LogP contribution in [0.1, 0.15) is 52.9 Å². The molecule has 4 heteroatoms. The second-order valence-corrected chi connectivity index (χ2v) is 8.83. The zero-order valence-electron chi connectivity index (χ0n) is 16.0. The van der Waals surface area contributed by atoms with Gasteiger partial charge in [0.15, 0.2) is 0 Å². The highest BCUT2D eigenvalue weighted by Crippen LogP contribution is 2.29. The molecule has 1 saturated carbocycles. The second-order valence-electron chi connectivity index (χ2n) is 8.83. The Morgan fingerprint density at radius 1 is 0.958 bits per heavy atom. The molecule has 0 radical (unpaired) electrons. The van der Waals surface area contributed by atoms with Crippen molar-refractivity contribution in [3.8, 4) is 0 Å². The van der Waals surface area contributed by atoms with E-state index in [4.69, 9.17) is 0 Å². The summed E-state index contributed by atoms with van der Waals surface area (Å²) in [5.41, 5.74) is 0. The van der Waals surface area contributed by atoms with Gasteiger partial charge in [0.05, 0.1) is 5.92 Å². The maximum absolute atomic E-state index is 12.8. The van der Waals surface area contributed by atoms with Crippen LogP contribution in [0.3, 0.4) is 0 Å². The van der Waals surface area contributed by atoms with Gasteiger partial charge >= 0.3 is 0 Å². The fraction of sp³-hybridized carbons (Fsp3) is 0.950. The number of nitrogens with zero attached hydrogens (tertiary/aromatic N) is 3. The molecule has 2 saturated heterocycles. The first-order chi connectivity index (χ1) is 11.5. The Morgan fingerprint density at radius 3 is 2.21 bits per heavy atom. The van der Waals surface area contributed by atoms with Gasteiger partial charge in [0.25, 0.3) is 0 Å². The first-order valence-electron chi connectivity index (χ1n) is 10.3. The Balaban J connectivity index is 1.39. The number of piperazine rings is 1. The quantitative estimate of drug-likeness (QED) is 0.790. The number of carbonyl (C=O) groups is 1. The van der Waals surface area contributed by atoms with Crippen molar-refractivity contribution in [2.24, 2.45) is 17.8 Å². The second kappa shape index (κ2) is 8.18. The Morgan fingerprint density at radius 2 is 1.62 bits per heavy atom. The predicted octanol–water partition coefficient (Wildman–Crippen LogP) is 2.69. The van der Waals surface area contributed by atoms with Crippen LogP contribution in [-0.2, 0) is 4.79 Å². The van der Waals surface area contributed by atoms with Crippen LogP contribution in [0.4, 0.5) is 0 Å². The van der Waals surface area contributed by atoms with Gasteiger partial charge in [0, 0.05) is 45.3 Å². The minimum atomic E-state index is 0.249.